The Morgan fingerprint density at radius 3 is 2.22 bits per heavy atom. The predicted molar refractivity (Wildman–Crippen MR) is 164 cm³/mol. The van der Waals surface area contributed by atoms with Crippen LogP contribution >= 0.6 is 0 Å². The van der Waals surface area contributed by atoms with Crippen molar-refractivity contribution in [3.63, 3.8) is 0 Å². The van der Waals surface area contributed by atoms with Crippen molar-refractivity contribution in [2.75, 3.05) is 11.9 Å². The molecule has 0 aromatic heterocycles. The second-order valence-electron chi connectivity index (χ2n) is 12.2. The summed E-state index contributed by atoms with van der Waals surface area (Å²) in [4.78, 5) is 36.9. The van der Waals surface area contributed by atoms with Crippen LogP contribution in [0.2, 0.25) is 0 Å². The predicted octanol–water partition coefficient (Wildman–Crippen LogP) is 7.20. The Morgan fingerprint density at radius 1 is 0.902 bits per heavy atom. The van der Waals surface area contributed by atoms with Crippen LogP contribution in [-0.4, -0.2) is 29.4 Å². The van der Waals surface area contributed by atoms with Gasteiger partial charge in [-0.1, -0.05) is 88.6 Å². The highest BCUT2D eigenvalue weighted by atomic mass is 16.4. The van der Waals surface area contributed by atoms with Crippen LogP contribution in [0, 0.1) is 0 Å². The van der Waals surface area contributed by atoms with Gasteiger partial charge in [0.05, 0.1) is 12.3 Å². The molecule has 3 N–H and O–H groups in total. The van der Waals surface area contributed by atoms with Gasteiger partial charge >= 0.3 is 5.97 Å². The number of hydrogen-bond acceptors (Lipinski definition) is 3. The van der Waals surface area contributed by atoms with Crippen LogP contribution in [0.5, 0.6) is 0 Å². The second-order valence-corrected chi connectivity index (χ2v) is 12.2. The monoisotopic (exact) mass is 554 g/mol. The lowest BCUT2D eigenvalue weighted by Crippen LogP contribution is -2.26. The Balaban J connectivity index is 1.54. The molecule has 0 spiro atoms. The molecule has 3 aromatic carbocycles. The Labute approximate surface area is 243 Å². The number of carbonyl (C=O) groups is 3. The van der Waals surface area contributed by atoms with Gasteiger partial charge in [-0.15, -0.1) is 0 Å². The second kappa shape index (κ2) is 13.6. The lowest BCUT2D eigenvalue weighted by Gasteiger charge is -2.23. The normalized spacial score (nSPS) is 14.7. The average Bonchev–Trinajstić information content (AvgIpc) is 2.96. The third-order valence-electron chi connectivity index (χ3n) is 8.01. The maximum atomic E-state index is 13.8. The van der Waals surface area contributed by atoms with E-state index in [0.29, 0.717) is 17.9 Å². The zero-order valence-electron chi connectivity index (χ0n) is 24.4. The summed E-state index contributed by atoms with van der Waals surface area (Å²) >= 11 is 0. The molecule has 1 atom stereocenters. The molecule has 0 saturated heterocycles. The summed E-state index contributed by atoms with van der Waals surface area (Å²) in [7, 11) is 0. The molecule has 1 fully saturated rings. The Hall–Kier alpha value is -3.93. The Morgan fingerprint density at radius 2 is 1.59 bits per heavy atom. The number of rotatable bonds is 10. The number of carboxylic acid groups (broad SMARTS) is 1. The van der Waals surface area contributed by atoms with Crippen molar-refractivity contribution in [2.45, 2.75) is 83.0 Å². The first-order valence-electron chi connectivity index (χ1n) is 14.7. The van der Waals surface area contributed by atoms with E-state index in [0.717, 1.165) is 22.4 Å². The fourth-order valence-electron chi connectivity index (χ4n) is 5.50. The zero-order valence-corrected chi connectivity index (χ0v) is 24.4. The highest BCUT2D eigenvalue weighted by Crippen LogP contribution is 2.34. The van der Waals surface area contributed by atoms with E-state index in [1.807, 2.05) is 30.3 Å². The minimum atomic E-state index is -0.957. The third kappa shape index (κ3) is 8.53. The lowest BCUT2D eigenvalue weighted by atomic mass is 9.83. The molecular formula is C35H42N2O4. The van der Waals surface area contributed by atoms with Crippen LogP contribution in [0.15, 0.2) is 72.8 Å². The molecular weight excluding hydrogens is 512 g/mol. The summed E-state index contributed by atoms with van der Waals surface area (Å²) in [6, 6.07) is 23.8. The number of benzene rings is 3. The molecule has 0 heterocycles. The van der Waals surface area contributed by atoms with Crippen LogP contribution in [0.25, 0.3) is 0 Å². The lowest BCUT2D eigenvalue weighted by molar-refractivity contribution is -0.136. The minimum absolute atomic E-state index is 0.0310. The van der Waals surface area contributed by atoms with Crippen molar-refractivity contribution in [2.24, 2.45) is 0 Å². The summed E-state index contributed by atoms with van der Waals surface area (Å²) in [5, 5.41) is 14.6. The number of amides is 2. The first-order chi connectivity index (χ1) is 19.6. The molecule has 1 unspecified atom stereocenters. The zero-order chi connectivity index (χ0) is 29.4. The molecule has 216 valence electrons. The molecule has 1 saturated carbocycles. The topological polar surface area (TPSA) is 95.5 Å². The maximum Gasteiger partial charge on any atom is 0.305 e. The van der Waals surface area contributed by atoms with Gasteiger partial charge in [0.2, 0.25) is 5.91 Å². The van der Waals surface area contributed by atoms with Crippen molar-refractivity contribution >= 4 is 23.5 Å². The minimum Gasteiger partial charge on any atom is -0.481 e. The standard InChI is InChI=1S/C35H42N2O4/c1-35(2,3)29-10-7-11-30(23-29)37-34(41)31(27-18-16-26(17-19-27)25-8-5-4-6-9-25)22-24-12-14-28(15-13-24)33(40)36-21-20-32(38)39/h7,10-19,23,25,31H,4-6,8-9,20-22H2,1-3H3,(H,36,40)(H,37,41)(H,38,39). The van der Waals surface area contributed by atoms with Crippen LogP contribution < -0.4 is 10.6 Å². The average molecular weight is 555 g/mol. The van der Waals surface area contributed by atoms with Crippen molar-refractivity contribution in [3.05, 3.63) is 101 Å². The van der Waals surface area contributed by atoms with Gasteiger partial charge in [-0.05, 0) is 77.1 Å². The van der Waals surface area contributed by atoms with Crippen LogP contribution in [0.4, 0.5) is 5.69 Å². The number of carbonyl (C=O) groups excluding carboxylic acids is 2. The van der Waals surface area contributed by atoms with Gasteiger partial charge in [-0.25, -0.2) is 0 Å². The summed E-state index contributed by atoms with van der Waals surface area (Å²) in [6.45, 7) is 6.54. The fourth-order valence-corrected chi connectivity index (χ4v) is 5.50. The van der Waals surface area contributed by atoms with E-state index in [9.17, 15) is 14.4 Å². The molecule has 3 aromatic rings. The Bertz CT molecular complexity index is 1330. The molecule has 1 aliphatic rings. The van der Waals surface area contributed by atoms with Crippen molar-refractivity contribution < 1.29 is 19.5 Å². The summed E-state index contributed by atoms with van der Waals surface area (Å²) < 4.78 is 0. The first kappa shape index (κ1) is 30.0. The largest absolute Gasteiger partial charge is 0.481 e. The van der Waals surface area contributed by atoms with Gasteiger partial charge < -0.3 is 15.7 Å². The number of hydrogen-bond donors (Lipinski definition) is 3. The van der Waals surface area contributed by atoms with Crippen molar-refractivity contribution in [1.29, 1.82) is 0 Å². The highest BCUT2D eigenvalue weighted by molar-refractivity contribution is 5.96. The highest BCUT2D eigenvalue weighted by Gasteiger charge is 2.24. The Kier molecular flexibility index (Phi) is 9.98. The molecule has 1 aliphatic carbocycles. The first-order valence-corrected chi connectivity index (χ1v) is 14.7. The van der Waals surface area contributed by atoms with E-state index in [1.54, 1.807) is 12.1 Å². The van der Waals surface area contributed by atoms with Gasteiger partial charge in [-0.3, -0.25) is 14.4 Å². The molecule has 0 aliphatic heterocycles. The van der Waals surface area contributed by atoms with Gasteiger partial charge in [-0.2, -0.15) is 0 Å². The van der Waals surface area contributed by atoms with Gasteiger partial charge in [0.25, 0.3) is 5.91 Å². The third-order valence-corrected chi connectivity index (χ3v) is 8.01. The van der Waals surface area contributed by atoms with Crippen LogP contribution in [0.3, 0.4) is 0 Å². The SMILES string of the molecule is CC(C)(C)c1cccc(NC(=O)C(Cc2ccc(C(=O)NCCC(=O)O)cc2)c2ccc(C3CCCCC3)cc2)c1. The van der Waals surface area contributed by atoms with Crippen molar-refractivity contribution in [3.8, 4) is 0 Å². The molecule has 6 heteroatoms. The van der Waals surface area contributed by atoms with E-state index in [4.69, 9.17) is 5.11 Å². The summed E-state index contributed by atoms with van der Waals surface area (Å²) in [5.41, 5.74) is 5.60. The summed E-state index contributed by atoms with van der Waals surface area (Å²) in [6.07, 6.45) is 6.67. The van der Waals surface area contributed by atoms with Gasteiger partial charge in [0.1, 0.15) is 0 Å². The van der Waals surface area contributed by atoms with Gasteiger partial charge in [0.15, 0.2) is 0 Å². The quantitative estimate of drug-likeness (QED) is 0.247. The molecule has 0 bridgehead atoms. The molecule has 6 nitrogen and oxygen atoms in total. The molecule has 2 amide bonds. The maximum absolute atomic E-state index is 13.8. The number of anilines is 1. The molecule has 4 rings (SSSR count). The number of carboxylic acids is 1. The summed E-state index contributed by atoms with van der Waals surface area (Å²) in [5.74, 6) is -1.16. The smallest absolute Gasteiger partial charge is 0.305 e. The molecule has 0 radical (unpaired) electrons. The van der Waals surface area contributed by atoms with Crippen LogP contribution in [-0.2, 0) is 21.4 Å². The van der Waals surface area contributed by atoms with E-state index in [-0.39, 0.29) is 30.2 Å². The van der Waals surface area contributed by atoms with Gasteiger partial charge in [0, 0.05) is 17.8 Å². The molecule has 41 heavy (non-hydrogen) atoms. The van der Waals surface area contributed by atoms with Crippen molar-refractivity contribution in [1.82, 2.24) is 5.32 Å². The number of nitrogens with one attached hydrogen (secondary N) is 2. The number of aliphatic carboxylic acids is 1. The fraction of sp³-hybridized carbons (Fsp3) is 0.400. The van der Waals surface area contributed by atoms with E-state index < -0.39 is 11.9 Å². The van der Waals surface area contributed by atoms with E-state index >= 15 is 0 Å². The van der Waals surface area contributed by atoms with E-state index in [2.05, 4.69) is 61.7 Å². The van der Waals surface area contributed by atoms with Crippen LogP contribution in [0.1, 0.15) is 104 Å². The van der Waals surface area contributed by atoms with E-state index in [1.165, 1.54) is 37.7 Å².